The number of methoxy groups -OCH3 is 2. The van der Waals surface area contributed by atoms with Gasteiger partial charge in [-0.05, 0) is 0 Å². The molecular weight excluding hydrogens is 286 g/mol. The van der Waals surface area contributed by atoms with E-state index in [1.165, 1.54) is 27.2 Å². The lowest BCUT2D eigenvalue weighted by Crippen LogP contribution is -2.08. The van der Waals surface area contributed by atoms with Gasteiger partial charge in [-0.15, -0.1) is 0 Å². The zero-order valence-electron chi connectivity index (χ0n) is 11.2. The Morgan fingerprint density at radius 1 is 1.25 bits per heavy atom. The fraction of sp³-hybridized carbons (Fsp3) is 0.333. The highest BCUT2D eigenvalue weighted by atomic mass is 32.2. The summed E-state index contributed by atoms with van der Waals surface area (Å²) in [5, 5.41) is 10.8. The van der Waals surface area contributed by atoms with E-state index in [0.29, 0.717) is 0 Å². The largest absolute Gasteiger partial charge is 0.493 e. The Morgan fingerprint density at radius 3 is 2.25 bits per heavy atom. The monoisotopic (exact) mass is 299 g/mol. The molecule has 0 aliphatic carbocycles. The molecule has 0 spiro atoms. The van der Waals surface area contributed by atoms with Gasteiger partial charge in [-0.2, -0.15) is 0 Å². The number of rotatable bonds is 6. The normalized spacial score (nSPS) is 9.95. The molecule has 0 saturated carbocycles. The molecule has 0 saturated heterocycles. The number of nitro groups is 1. The fourth-order valence-corrected chi connectivity index (χ4v) is 1.98. The first-order valence-corrected chi connectivity index (χ1v) is 6.46. The van der Waals surface area contributed by atoms with E-state index in [4.69, 9.17) is 9.47 Å². The van der Waals surface area contributed by atoms with Crippen LogP contribution in [0.4, 0.5) is 5.69 Å². The van der Waals surface area contributed by atoms with Gasteiger partial charge in [0.05, 0.1) is 31.0 Å². The zero-order valence-corrected chi connectivity index (χ0v) is 12.0. The van der Waals surface area contributed by atoms with Crippen LogP contribution in [-0.4, -0.2) is 35.8 Å². The molecular formula is C12H13NO6S. The molecule has 0 aromatic heterocycles. The number of ketones is 1. The molecule has 0 bridgehead atoms. The summed E-state index contributed by atoms with van der Waals surface area (Å²) in [6, 6.07) is 2.38. The van der Waals surface area contributed by atoms with Crippen LogP contribution in [0.15, 0.2) is 12.1 Å². The summed E-state index contributed by atoms with van der Waals surface area (Å²) in [5.74, 6) is -0.298. The maximum Gasteiger partial charge on any atom is 0.284 e. The van der Waals surface area contributed by atoms with E-state index in [2.05, 4.69) is 0 Å². The van der Waals surface area contributed by atoms with Gasteiger partial charge < -0.3 is 9.47 Å². The van der Waals surface area contributed by atoms with Crippen LogP contribution in [0.1, 0.15) is 17.3 Å². The summed E-state index contributed by atoms with van der Waals surface area (Å²) >= 11 is 0.795. The summed E-state index contributed by atoms with van der Waals surface area (Å²) in [6.45, 7) is 1.32. The zero-order chi connectivity index (χ0) is 15.3. The van der Waals surface area contributed by atoms with Gasteiger partial charge in [0.25, 0.3) is 5.69 Å². The van der Waals surface area contributed by atoms with Crippen LogP contribution in [0.2, 0.25) is 0 Å². The van der Waals surface area contributed by atoms with Crippen molar-refractivity contribution < 1.29 is 24.0 Å². The van der Waals surface area contributed by atoms with Crippen LogP contribution < -0.4 is 9.47 Å². The summed E-state index contributed by atoms with van der Waals surface area (Å²) in [5.41, 5.74) is -0.488. The lowest BCUT2D eigenvalue weighted by molar-refractivity contribution is -0.385. The average molecular weight is 299 g/mol. The lowest BCUT2D eigenvalue weighted by atomic mass is 10.1. The number of carbonyl (C=O) groups excluding carboxylic acids is 2. The van der Waals surface area contributed by atoms with Crippen LogP contribution >= 0.6 is 11.8 Å². The smallest absolute Gasteiger partial charge is 0.284 e. The van der Waals surface area contributed by atoms with E-state index < -0.39 is 10.7 Å². The average Bonchev–Trinajstić information content (AvgIpc) is 2.42. The van der Waals surface area contributed by atoms with Crippen molar-refractivity contribution in [3.8, 4) is 11.5 Å². The van der Waals surface area contributed by atoms with E-state index in [0.717, 1.165) is 17.8 Å². The molecule has 0 aliphatic rings. The Hall–Kier alpha value is -2.09. The molecule has 0 fully saturated rings. The number of carbonyl (C=O) groups is 2. The van der Waals surface area contributed by atoms with Crippen LogP contribution in [-0.2, 0) is 4.79 Å². The first-order chi connectivity index (χ1) is 9.40. The molecule has 0 unspecified atom stereocenters. The highest BCUT2D eigenvalue weighted by molar-refractivity contribution is 8.14. The van der Waals surface area contributed by atoms with Crippen LogP contribution in [0.3, 0.4) is 0 Å². The summed E-state index contributed by atoms with van der Waals surface area (Å²) in [7, 11) is 2.71. The second-order valence-electron chi connectivity index (χ2n) is 3.68. The fourth-order valence-electron chi connectivity index (χ4n) is 1.49. The number of Topliss-reactive ketones (excluding diaryl/α,β-unsaturated/α-hetero) is 1. The molecule has 0 amide bonds. The van der Waals surface area contributed by atoms with Crippen molar-refractivity contribution in [2.24, 2.45) is 0 Å². The minimum absolute atomic E-state index is 0.110. The number of nitrogens with zero attached hydrogens (tertiary/aromatic N) is 1. The van der Waals surface area contributed by atoms with Gasteiger partial charge in [0.1, 0.15) is 5.56 Å². The molecule has 7 nitrogen and oxygen atoms in total. The van der Waals surface area contributed by atoms with Gasteiger partial charge in [0.2, 0.25) is 0 Å². The molecule has 1 rings (SSSR count). The number of ether oxygens (including phenoxy) is 2. The Balaban J connectivity index is 3.25. The van der Waals surface area contributed by atoms with Gasteiger partial charge in [0.15, 0.2) is 22.4 Å². The Labute approximate surface area is 119 Å². The van der Waals surface area contributed by atoms with Gasteiger partial charge in [-0.25, -0.2) is 0 Å². The molecule has 20 heavy (non-hydrogen) atoms. The molecule has 0 atom stereocenters. The molecule has 0 radical (unpaired) electrons. The maximum absolute atomic E-state index is 12.0. The minimum atomic E-state index is -0.673. The van der Waals surface area contributed by atoms with Crippen LogP contribution in [0, 0.1) is 10.1 Å². The van der Waals surface area contributed by atoms with Crippen molar-refractivity contribution in [1.29, 1.82) is 0 Å². The van der Waals surface area contributed by atoms with Crippen LogP contribution in [0.25, 0.3) is 0 Å². The quantitative estimate of drug-likeness (QED) is 0.450. The number of nitro benzene ring substituents is 1. The Kier molecular flexibility index (Phi) is 5.51. The predicted octanol–water partition coefficient (Wildman–Crippen LogP) is 2.07. The van der Waals surface area contributed by atoms with Crippen molar-refractivity contribution in [3.63, 3.8) is 0 Å². The van der Waals surface area contributed by atoms with E-state index in [9.17, 15) is 19.7 Å². The second kappa shape index (κ2) is 6.90. The van der Waals surface area contributed by atoms with Crippen LogP contribution in [0.5, 0.6) is 11.5 Å². The maximum atomic E-state index is 12.0. The topological polar surface area (TPSA) is 95.7 Å². The van der Waals surface area contributed by atoms with Gasteiger partial charge in [0, 0.05) is 13.0 Å². The second-order valence-corrected chi connectivity index (χ2v) is 4.84. The summed E-state index contributed by atoms with van der Waals surface area (Å²) in [4.78, 5) is 33.2. The van der Waals surface area contributed by atoms with E-state index in [1.54, 1.807) is 0 Å². The third-order valence-corrected chi connectivity index (χ3v) is 3.22. The molecule has 8 heteroatoms. The van der Waals surface area contributed by atoms with Crippen molar-refractivity contribution in [1.82, 2.24) is 0 Å². The van der Waals surface area contributed by atoms with E-state index in [-0.39, 0.29) is 33.6 Å². The summed E-state index contributed by atoms with van der Waals surface area (Å²) < 4.78 is 9.97. The molecule has 1 aromatic rings. The molecule has 0 heterocycles. The highest BCUT2D eigenvalue weighted by Crippen LogP contribution is 2.35. The molecule has 108 valence electrons. The van der Waals surface area contributed by atoms with Gasteiger partial charge in [-0.1, -0.05) is 11.8 Å². The Morgan fingerprint density at radius 2 is 1.80 bits per heavy atom. The first kappa shape index (κ1) is 16.0. The Bertz CT molecular complexity index is 557. The first-order valence-electron chi connectivity index (χ1n) is 5.47. The van der Waals surface area contributed by atoms with Crippen molar-refractivity contribution in [2.75, 3.05) is 20.0 Å². The third-order valence-electron chi connectivity index (χ3n) is 2.41. The number of thioether (sulfide) groups is 1. The molecule has 1 aromatic carbocycles. The number of hydrogen-bond donors (Lipinski definition) is 0. The lowest BCUT2D eigenvalue weighted by Gasteiger charge is -2.09. The SMILES string of the molecule is COc1cc(C(=O)CSC(C)=O)c([N+](=O)[O-])cc1OC. The standard InChI is InChI=1S/C12H13NO6S/c1-7(14)20-6-10(15)8-4-11(18-2)12(19-3)5-9(8)13(16)17/h4-5H,6H2,1-3H3. The van der Waals surface area contributed by atoms with E-state index >= 15 is 0 Å². The van der Waals surface area contributed by atoms with Gasteiger partial charge in [-0.3, -0.25) is 19.7 Å². The number of benzene rings is 1. The number of hydrogen-bond acceptors (Lipinski definition) is 7. The predicted molar refractivity (Wildman–Crippen MR) is 73.7 cm³/mol. The van der Waals surface area contributed by atoms with E-state index in [1.807, 2.05) is 0 Å². The third kappa shape index (κ3) is 3.70. The van der Waals surface area contributed by atoms with Crippen molar-refractivity contribution in [3.05, 3.63) is 27.8 Å². The van der Waals surface area contributed by atoms with Crippen molar-refractivity contribution >= 4 is 28.3 Å². The molecule has 0 N–H and O–H groups in total. The summed E-state index contributed by atoms with van der Waals surface area (Å²) in [6.07, 6.45) is 0. The van der Waals surface area contributed by atoms with Gasteiger partial charge >= 0.3 is 0 Å². The minimum Gasteiger partial charge on any atom is -0.493 e. The highest BCUT2D eigenvalue weighted by Gasteiger charge is 2.24. The van der Waals surface area contributed by atoms with Crippen molar-refractivity contribution in [2.45, 2.75) is 6.92 Å². The molecule has 0 aliphatic heterocycles.